The molecule has 1 rings (SSSR count). The Kier molecular flexibility index (Phi) is 6.20. The first-order valence-electron chi connectivity index (χ1n) is 5.21. The second-order valence-corrected chi connectivity index (χ2v) is 4.49. The highest BCUT2D eigenvalue weighted by Crippen LogP contribution is 2.12. The maximum absolute atomic E-state index is 11.7. The molecule has 0 aromatic carbocycles. The van der Waals surface area contributed by atoms with Crippen LogP contribution in [0.2, 0.25) is 0 Å². The van der Waals surface area contributed by atoms with Crippen molar-refractivity contribution < 1.29 is 14.3 Å². The van der Waals surface area contributed by atoms with Crippen molar-refractivity contribution in [1.82, 2.24) is 5.32 Å². The second kappa shape index (κ2) is 7.19. The summed E-state index contributed by atoms with van der Waals surface area (Å²) in [6, 6.07) is 0.0995. The van der Waals surface area contributed by atoms with Gasteiger partial charge < -0.3 is 14.8 Å². The Morgan fingerprint density at radius 1 is 1.73 bits per heavy atom. The number of hydrogen-bond acceptors (Lipinski definition) is 3. The highest BCUT2D eigenvalue weighted by atomic mass is 79.9. The number of amides is 1. The van der Waals surface area contributed by atoms with Crippen LogP contribution in [0.1, 0.15) is 12.8 Å². The van der Waals surface area contributed by atoms with Crippen molar-refractivity contribution in [2.75, 3.05) is 32.3 Å². The van der Waals surface area contributed by atoms with Gasteiger partial charge in [-0.25, -0.2) is 0 Å². The zero-order chi connectivity index (χ0) is 11.1. The van der Waals surface area contributed by atoms with Crippen molar-refractivity contribution in [1.29, 1.82) is 0 Å². The molecule has 88 valence electrons. The van der Waals surface area contributed by atoms with E-state index in [-0.39, 0.29) is 17.9 Å². The fourth-order valence-electron chi connectivity index (χ4n) is 1.59. The summed E-state index contributed by atoms with van der Waals surface area (Å²) in [5.74, 6) is 0.121. The number of hydrogen-bond donors (Lipinski definition) is 1. The standard InChI is InChI=1S/C10H18BrNO3/c1-14-7-9(2-4-11)12-10(13)8-3-5-15-6-8/h8-9H,2-7H2,1H3,(H,12,13). The minimum atomic E-state index is 0.0275. The van der Waals surface area contributed by atoms with E-state index in [9.17, 15) is 4.79 Å². The molecule has 1 heterocycles. The molecule has 1 aliphatic heterocycles. The van der Waals surface area contributed by atoms with Crippen LogP contribution in [0.25, 0.3) is 0 Å². The first kappa shape index (κ1) is 12.9. The van der Waals surface area contributed by atoms with Gasteiger partial charge in [0.2, 0.25) is 5.91 Å². The maximum atomic E-state index is 11.7. The lowest BCUT2D eigenvalue weighted by atomic mass is 10.1. The van der Waals surface area contributed by atoms with E-state index in [1.54, 1.807) is 7.11 Å². The molecule has 2 unspecified atom stereocenters. The lowest BCUT2D eigenvalue weighted by molar-refractivity contribution is -0.126. The third kappa shape index (κ3) is 4.49. The molecule has 0 aromatic heterocycles. The summed E-state index contributed by atoms with van der Waals surface area (Å²) < 4.78 is 10.2. The summed E-state index contributed by atoms with van der Waals surface area (Å²) in [6.45, 7) is 1.82. The van der Waals surface area contributed by atoms with Crippen LogP contribution in [0.15, 0.2) is 0 Å². The van der Waals surface area contributed by atoms with Crippen molar-refractivity contribution >= 4 is 21.8 Å². The molecule has 0 spiro atoms. The van der Waals surface area contributed by atoms with Gasteiger partial charge in [0.05, 0.1) is 25.2 Å². The first-order valence-corrected chi connectivity index (χ1v) is 6.33. The van der Waals surface area contributed by atoms with Crippen molar-refractivity contribution in [3.8, 4) is 0 Å². The van der Waals surface area contributed by atoms with Crippen molar-refractivity contribution in [3.05, 3.63) is 0 Å². The molecule has 0 bridgehead atoms. The Hall–Kier alpha value is -0.130. The predicted octanol–water partition coefficient (Wildman–Crippen LogP) is 0.939. The Labute approximate surface area is 98.8 Å². The molecule has 0 aliphatic carbocycles. The fraction of sp³-hybridized carbons (Fsp3) is 0.900. The zero-order valence-corrected chi connectivity index (χ0v) is 10.6. The molecule has 0 saturated carbocycles. The van der Waals surface area contributed by atoms with Gasteiger partial charge >= 0.3 is 0 Å². The molecule has 5 heteroatoms. The summed E-state index contributed by atoms with van der Waals surface area (Å²) in [4.78, 5) is 11.7. The second-order valence-electron chi connectivity index (χ2n) is 3.70. The Balaban J connectivity index is 2.31. The monoisotopic (exact) mass is 279 g/mol. The number of carbonyl (C=O) groups excluding carboxylic acids is 1. The van der Waals surface area contributed by atoms with Crippen LogP contribution in [-0.2, 0) is 14.3 Å². The number of nitrogens with one attached hydrogen (secondary N) is 1. The lowest BCUT2D eigenvalue weighted by Gasteiger charge is -2.18. The Morgan fingerprint density at radius 2 is 2.53 bits per heavy atom. The zero-order valence-electron chi connectivity index (χ0n) is 9.00. The van der Waals surface area contributed by atoms with E-state index in [0.717, 1.165) is 18.2 Å². The van der Waals surface area contributed by atoms with E-state index in [0.29, 0.717) is 19.8 Å². The SMILES string of the molecule is COCC(CCBr)NC(=O)C1CCOC1. The number of ether oxygens (including phenoxy) is 2. The molecule has 0 aromatic rings. The van der Waals surface area contributed by atoms with Crippen molar-refractivity contribution in [2.24, 2.45) is 5.92 Å². The van der Waals surface area contributed by atoms with Crippen LogP contribution in [0.4, 0.5) is 0 Å². The summed E-state index contributed by atoms with van der Waals surface area (Å²) in [5.41, 5.74) is 0. The highest BCUT2D eigenvalue weighted by molar-refractivity contribution is 9.09. The summed E-state index contributed by atoms with van der Waals surface area (Å²) in [6.07, 6.45) is 1.72. The van der Waals surface area contributed by atoms with E-state index in [4.69, 9.17) is 9.47 Å². The normalized spacial score (nSPS) is 22.7. The molecular weight excluding hydrogens is 262 g/mol. The van der Waals surface area contributed by atoms with Crippen molar-refractivity contribution in [2.45, 2.75) is 18.9 Å². The molecule has 1 aliphatic rings. The van der Waals surface area contributed by atoms with Crippen LogP contribution in [0.5, 0.6) is 0 Å². The van der Waals surface area contributed by atoms with Gasteiger partial charge in [-0.05, 0) is 12.8 Å². The number of carbonyl (C=O) groups is 1. The molecule has 1 N–H and O–H groups in total. The number of alkyl halides is 1. The van der Waals surface area contributed by atoms with Gasteiger partial charge in [0.1, 0.15) is 0 Å². The Morgan fingerprint density at radius 3 is 3.07 bits per heavy atom. The fourth-order valence-corrected chi connectivity index (χ4v) is 2.14. The van der Waals surface area contributed by atoms with E-state index >= 15 is 0 Å². The average Bonchev–Trinajstić information content (AvgIpc) is 2.71. The van der Waals surface area contributed by atoms with Gasteiger partial charge in [0, 0.05) is 19.0 Å². The summed E-state index contributed by atoms with van der Waals surface area (Å²) in [5, 5.41) is 3.85. The van der Waals surface area contributed by atoms with Crippen molar-refractivity contribution in [3.63, 3.8) is 0 Å². The summed E-state index contributed by atoms with van der Waals surface area (Å²) in [7, 11) is 1.64. The molecule has 4 nitrogen and oxygen atoms in total. The van der Waals surface area contributed by atoms with Gasteiger partial charge in [0.25, 0.3) is 0 Å². The largest absolute Gasteiger partial charge is 0.383 e. The molecule has 1 amide bonds. The minimum absolute atomic E-state index is 0.0275. The maximum Gasteiger partial charge on any atom is 0.225 e. The van der Waals surface area contributed by atoms with Crippen LogP contribution in [-0.4, -0.2) is 44.2 Å². The van der Waals surface area contributed by atoms with E-state index in [2.05, 4.69) is 21.2 Å². The quantitative estimate of drug-likeness (QED) is 0.737. The molecule has 15 heavy (non-hydrogen) atoms. The van der Waals surface area contributed by atoms with Crippen LogP contribution in [0.3, 0.4) is 0 Å². The average molecular weight is 280 g/mol. The molecule has 1 saturated heterocycles. The van der Waals surface area contributed by atoms with Crippen LogP contribution < -0.4 is 5.32 Å². The van der Waals surface area contributed by atoms with E-state index < -0.39 is 0 Å². The van der Waals surface area contributed by atoms with E-state index in [1.807, 2.05) is 0 Å². The molecule has 1 fully saturated rings. The van der Waals surface area contributed by atoms with Gasteiger partial charge in [-0.1, -0.05) is 15.9 Å². The van der Waals surface area contributed by atoms with Crippen LogP contribution >= 0.6 is 15.9 Å². The van der Waals surface area contributed by atoms with Gasteiger partial charge in [-0.15, -0.1) is 0 Å². The molecule has 0 radical (unpaired) electrons. The number of rotatable bonds is 6. The van der Waals surface area contributed by atoms with Gasteiger partial charge in [0.15, 0.2) is 0 Å². The molecular formula is C10H18BrNO3. The number of halogens is 1. The van der Waals surface area contributed by atoms with E-state index in [1.165, 1.54) is 0 Å². The third-order valence-corrected chi connectivity index (χ3v) is 2.93. The first-order chi connectivity index (χ1) is 7.27. The topological polar surface area (TPSA) is 47.6 Å². The summed E-state index contributed by atoms with van der Waals surface area (Å²) >= 11 is 3.36. The minimum Gasteiger partial charge on any atom is -0.383 e. The van der Waals surface area contributed by atoms with Crippen LogP contribution in [0, 0.1) is 5.92 Å². The third-order valence-electron chi connectivity index (χ3n) is 2.47. The van der Waals surface area contributed by atoms with Gasteiger partial charge in [-0.3, -0.25) is 4.79 Å². The smallest absolute Gasteiger partial charge is 0.225 e. The Bertz CT molecular complexity index is 189. The van der Waals surface area contributed by atoms with Gasteiger partial charge in [-0.2, -0.15) is 0 Å². The number of methoxy groups -OCH3 is 1. The predicted molar refractivity (Wildman–Crippen MR) is 61.1 cm³/mol. The highest BCUT2D eigenvalue weighted by Gasteiger charge is 2.25. The lowest BCUT2D eigenvalue weighted by Crippen LogP contribution is -2.41. The molecule has 2 atom stereocenters.